The minimum Gasteiger partial charge on any atom is -0.496 e. The summed E-state index contributed by atoms with van der Waals surface area (Å²) in [6.45, 7) is 0. The quantitative estimate of drug-likeness (QED) is 0.329. The van der Waals surface area contributed by atoms with E-state index in [0.717, 1.165) is 25.0 Å². The van der Waals surface area contributed by atoms with Crippen molar-refractivity contribution in [1.29, 1.82) is 0 Å². The molecule has 1 fully saturated rings. The number of aromatic carboxylic acids is 1. The number of carbonyl (C=O) groups is 2. The zero-order valence-electron chi connectivity index (χ0n) is 19.1. The standard InChI is InChI=1S/C26H22ClF3N2O4/c1-36-21-11-20(31-12-18(21)22-16(24(29)30)8-9-19(27)23(22)28)17(10-13-2-3-13)25(33)32-15-6-4-14(5-7-15)26(34)35/h4-9,11-13,17,24H,2-3,10H2,1H3,(H,32,33)(H,34,35). The average molecular weight is 519 g/mol. The van der Waals surface area contributed by atoms with Crippen molar-refractivity contribution in [3.63, 3.8) is 0 Å². The molecule has 1 atom stereocenters. The van der Waals surface area contributed by atoms with E-state index in [0.29, 0.717) is 23.7 Å². The number of pyridine rings is 1. The smallest absolute Gasteiger partial charge is 0.335 e. The van der Waals surface area contributed by atoms with Crippen LogP contribution in [0.3, 0.4) is 0 Å². The van der Waals surface area contributed by atoms with Crippen molar-refractivity contribution < 1.29 is 32.6 Å². The Balaban J connectivity index is 1.69. The molecule has 1 amide bonds. The molecule has 0 saturated heterocycles. The van der Waals surface area contributed by atoms with E-state index in [-0.39, 0.29) is 27.8 Å². The van der Waals surface area contributed by atoms with Crippen LogP contribution in [0.2, 0.25) is 5.02 Å². The van der Waals surface area contributed by atoms with E-state index in [1.807, 2.05) is 0 Å². The van der Waals surface area contributed by atoms with Gasteiger partial charge in [-0.05, 0) is 42.7 Å². The molecule has 1 aliphatic rings. The molecule has 3 aromatic rings. The molecule has 6 nitrogen and oxygen atoms in total. The van der Waals surface area contributed by atoms with Crippen molar-refractivity contribution in [1.82, 2.24) is 4.98 Å². The number of halogens is 4. The lowest BCUT2D eigenvalue weighted by Crippen LogP contribution is -2.23. The van der Waals surface area contributed by atoms with E-state index in [1.165, 1.54) is 43.6 Å². The first-order valence-corrected chi connectivity index (χ1v) is 11.5. The molecule has 2 N–H and O–H groups in total. The van der Waals surface area contributed by atoms with Gasteiger partial charge < -0.3 is 15.2 Å². The number of carboxylic acid groups (broad SMARTS) is 1. The topological polar surface area (TPSA) is 88.5 Å². The van der Waals surface area contributed by atoms with Gasteiger partial charge in [0, 0.05) is 34.6 Å². The van der Waals surface area contributed by atoms with Crippen molar-refractivity contribution in [3.05, 3.63) is 76.3 Å². The Morgan fingerprint density at radius 1 is 1.19 bits per heavy atom. The van der Waals surface area contributed by atoms with E-state index >= 15 is 0 Å². The number of aromatic nitrogens is 1. The second-order valence-electron chi connectivity index (χ2n) is 8.54. The van der Waals surface area contributed by atoms with E-state index in [9.17, 15) is 22.8 Å². The van der Waals surface area contributed by atoms with Gasteiger partial charge in [0.2, 0.25) is 5.91 Å². The second-order valence-corrected chi connectivity index (χ2v) is 8.95. The molecule has 0 bridgehead atoms. The summed E-state index contributed by atoms with van der Waals surface area (Å²) in [4.78, 5) is 28.6. The largest absolute Gasteiger partial charge is 0.496 e. The number of nitrogens with zero attached hydrogens (tertiary/aromatic N) is 1. The molecule has 1 saturated carbocycles. The Bertz CT molecular complexity index is 1300. The SMILES string of the molecule is COc1cc(C(CC2CC2)C(=O)Nc2ccc(C(=O)O)cc2)ncc1-c1c(C(F)F)ccc(Cl)c1F. The number of alkyl halides is 2. The molecule has 10 heteroatoms. The third-order valence-corrected chi connectivity index (χ3v) is 6.37. The van der Waals surface area contributed by atoms with Crippen molar-refractivity contribution >= 4 is 29.2 Å². The fourth-order valence-electron chi connectivity index (χ4n) is 3.99. The molecule has 1 aliphatic carbocycles. The first-order valence-electron chi connectivity index (χ1n) is 11.1. The summed E-state index contributed by atoms with van der Waals surface area (Å²) in [5, 5.41) is 11.5. The third-order valence-electron chi connectivity index (χ3n) is 6.08. The van der Waals surface area contributed by atoms with Crippen molar-refractivity contribution in [2.24, 2.45) is 5.92 Å². The molecule has 1 aromatic heterocycles. The fourth-order valence-corrected chi connectivity index (χ4v) is 4.15. The number of anilines is 1. The lowest BCUT2D eigenvalue weighted by molar-refractivity contribution is -0.117. The maximum absolute atomic E-state index is 14.9. The summed E-state index contributed by atoms with van der Waals surface area (Å²) in [5.41, 5.74) is -0.135. The van der Waals surface area contributed by atoms with E-state index in [1.54, 1.807) is 0 Å². The van der Waals surface area contributed by atoms with Crippen LogP contribution in [0.15, 0.2) is 48.7 Å². The molecular formula is C26H22ClF3N2O4. The van der Waals surface area contributed by atoms with Crippen LogP contribution in [-0.2, 0) is 4.79 Å². The molecule has 4 rings (SSSR count). The Hall–Kier alpha value is -3.59. The van der Waals surface area contributed by atoms with Gasteiger partial charge in [0.25, 0.3) is 6.43 Å². The first kappa shape index (κ1) is 25.5. The van der Waals surface area contributed by atoms with Crippen LogP contribution in [-0.4, -0.2) is 29.1 Å². The zero-order valence-corrected chi connectivity index (χ0v) is 19.9. The fraction of sp³-hybridized carbons (Fsp3) is 0.269. The number of hydrogen-bond acceptors (Lipinski definition) is 4. The minimum absolute atomic E-state index is 0.00797. The van der Waals surface area contributed by atoms with Crippen LogP contribution in [0.5, 0.6) is 5.75 Å². The summed E-state index contributed by atoms with van der Waals surface area (Å²) in [6, 6.07) is 9.30. The summed E-state index contributed by atoms with van der Waals surface area (Å²) in [5.74, 6) is -2.75. The van der Waals surface area contributed by atoms with E-state index in [4.69, 9.17) is 21.4 Å². The van der Waals surface area contributed by atoms with Crippen LogP contribution >= 0.6 is 11.6 Å². The van der Waals surface area contributed by atoms with Crippen LogP contribution in [0.4, 0.5) is 18.9 Å². The number of ether oxygens (including phenoxy) is 1. The predicted molar refractivity (Wildman–Crippen MR) is 128 cm³/mol. The van der Waals surface area contributed by atoms with Crippen molar-refractivity contribution in [2.45, 2.75) is 31.6 Å². The lowest BCUT2D eigenvalue weighted by atomic mass is 9.94. The average Bonchev–Trinajstić information content (AvgIpc) is 3.68. The van der Waals surface area contributed by atoms with Crippen LogP contribution in [0, 0.1) is 11.7 Å². The molecule has 0 aliphatic heterocycles. The van der Waals surface area contributed by atoms with Gasteiger partial charge in [-0.2, -0.15) is 0 Å². The van der Waals surface area contributed by atoms with Crippen molar-refractivity contribution in [2.75, 3.05) is 12.4 Å². The second kappa shape index (κ2) is 10.6. The molecule has 36 heavy (non-hydrogen) atoms. The summed E-state index contributed by atoms with van der Waals surface area (Å²) in [7, 11) is 1.31. The van der Waals surface area contributed by atoms with Crippen LogP contribution in [0.1, 0.15) is 53.2 Å². The highest BCUT2D eigenvalue weighted by Gasteiger charge is 2.32. The molecule has 2 aromatic carbocycles. The number of amides is 1. The van der Waals surface area contributed by atoms with Gasteiger partial charge >= 0.3 is 5.97 Å². The van der Waals surface area contributed by atoms with Crippen LogP contribution in [0.25, 0.3) is 11.1 Å². The number of nitrogens with one attached hydrogen (secondary N) is 1. The van der Waals surface area contributed by atoms with Gasteiger partial charge in [-0.1, -0.05) is 30.5 Å². The number of methoxy groups -OCH3 is 1. The highest BCUT2D eigenvalue weighted by Crippen LogP contribution is 2.43. The zero-order chi connectivity index (χ0) is 26.0. The lowest BCUT2D eigenvalue weighted by Gasteiger charge is -2.19. The predicted octanol–water partition coefficient (Wildman–Crippen LogP) is 6.71. The van der Waals surface area contributed by atoms with Crippen LogP contribution < -0.4 is 10.1 Å². The monoisotopic (exact) mass is 518 g/mol. The maximum Gasteiger partial charge on any atom is 0.335 e. The summed E-state index contributed by atoms with van der Waals surface area (Å²) in [6.07, 6.45) is 0.693. The van der Waals surface area contributed by atoms with Gasteiger partial charge in [0.15, 0.2) is 0 Å². The summed E-state index contributed by atoms with van der Waals surface area (Å²) >= 11 is 5.86. The molecule has 188 valence electrons. The van der Waals surface area contributed by atoms with Crippen molar-refractivity contribution in [3.8, 4) is 16.9 Å². The molecular weight excluding hydrogens is 497 g/mol. The van der Waals surface area contributed by atoms with Gasteiger partial charge in [-0.15, -0.1) is 0 Å². The highest BCUT2D eigenvalue weighted by molar-refractivity contribution is 6.31. The van der Waals surface area contributed by atoms with Gasteiger partial charge in [-0.3, -0.25) is 9.78 Å². The molecule has 0 radical (unpaired) electrons. The normalized spacial score (nSPS) is 13.9. The maximum atomic E-state index is 14.9. The Morgan fingerprint density at radius 3 is 2.47 bits per heavy atom. The third kappa shape index (κ3) is 5.46. The minimum atomic E-state index is -2.96. The Morgan fingerprint density at radius 2 is 1.89 bits per heavy atom. The number of benzene rings is 2. The number of hydrogen-bond donors (Lipinski definition) is 2. The van der Waals surface area contributed by atoms with E-state index in [2.05, 4.69) is 10.3 Å². The summed E-state index contributed by atoms with van der Waals surface area (Å²) < 4.78 is 47.5. The Kier molecular flexibility index (Phi) is 7.49. The molecule has 0 spiro atoms. The Labute approximate surface area is 210 Å². The van der Waals surface area contributed by atoms with Gasteiger partial charge in [0.05, 0.1) is 29.3 Å². The number of rotatable bonds is 9. The van der Waals surface area contributed by atoms with E-state index < -0.39 is 35.3 Å². The highest BCUT2D eigenvalue weighted by atomic mass is 35.5. The number of carbonyl (C=O) groups excluding carboxylic acids is 1. The van der Waals surface area contributed by atoms with Gasteiger partial charge in [-0.25, -0.2) is 18.0 Å². The molecule has 1 heterocycles. The first-order chi connectivity index (χ1) is 17.2. The molecule has 1 unspecified atom stereocenters. The van der Waals surface area contributed by atoms with Gasteiger partial charge in [0.1, 0.15) is 11.6 Å². The number of carboxylic acids is 1.